The van der Waals surface area contributed by atoms with E-state index in [-0.39, 0.29) is 10.6 Å². The van der Waals surface area contributed by atoms with Gasteiger partial charge in [-0.25, -0.2) is 8.42 Å². The topological polar surface area (TPSA) is 82.1 Å². The molecule has 0 aliphatic rings. The first-order valence-corrected chi connectivity index (χ1v) is 10.5. The number of hydrogen-bond acceptors (Lipinski definition) is 3. The fraction of sp³-hybridized carbons (Fsp3) is 0.300. The molecule has 0 spiro atoms. The monoisotopic (exact) mass is 440 g/mol. The summed E-state index contributed by atoms with van der Waals surface area (Å²) in [6.07, 6.45) is -3.40. The summed E-state index contributed by atoms with van der Waals surface area (Å²) in [6, 6.07) is 6.98. The maximum absolute atomic E-state index is 13.8. The number of alkyl halides is 3. The van der Waals surface area contributed by atoms with Crippen molar-refractivity contribution in [3.05, 3.63) is 64.2 Å². The molecule has 0 radical (unpaired) electrons. The predicted molar refractivity (Wildman–Crippen MR) is 107 cm³/mol. The highest BCUT2D eigenvalue weighted by Crippen LogP contribution is 2.28. The van der Waals surface area contributed by atoms with Crippen molar-refractivity contribution < 1.29 is 26.8 Å². The minimum atomic E-state index is -4.83. The Bertz CT molecular complexity index is 1190. The Morgan fingerprint density at radius 2 is 1.70 bits per heavy atom. The van der Waals surface area contributed by atoms with Crippen LogP contribution in [0, 0.1) is 25.7 Å². The average molecular weight is 440 g/mol. The molecule has 160 valence electrons. The summed E-state index contributed by atoms with van der Waals surface area (Å²) >= 11 is 0. The lowest BCUT2D eigenvalue weighted by Crippen LogP contribution is -2.55. The Balaban J connectivity index is 2.00. The summed E-state index contributed by atoms with van der Waals surface area (Å²) in [7, 11) is -4.44. The second kappa shape index (κ2) is 7.84. The van der Waals surface area contributed by atoms with Crippen molar-refractivity contribution in [2.75, 3.05) is 0 Å². The summed E-state index contributed by atoms with van der Waals surface area (Å²) in [4.78, 5) is 10.7. The number of aryl methyl sites for hydroxylation is 3. The van der Waals surface area contributed by atoms with Crippen molar-refractivity contribution in [3.8, 4) is 0 Å². The lowest BCUT2D eigenvalue weighted by Gasteiger charge is -2.23. The lowest BCUT2D eigenvalue weighted by molar-refractivity contribution is -0.379. The molecule has 0 amide bonds. The first-order chi connectivity index (χ1) is 13.9. The summed E-state index contributed by atoms with van der Waals surface area (Å²) in [5.41, 5.74) is 2.14. The molecule has 10 heteroatoms. The van der Waals surface area contributed by atoms with Crippen LogP contribution in [0.5, 0.6) is 0 Å². The van der Waals surface area contributed by atoms with Gasteiger partial charge in [-0.15, -0.1) is 0 Å². The van der Waals surface area contributed by atoms with E-state index in [4.69, 9.17) is 0 Å². The van der Waals surface area contributed by atoms with Crippen LogP contribution in [0.3, 0.4) is 0 Å². The fourth-order valence-corrected chi connectivity index (χ4v) is 5.31. The van der Waals surface area contributed by atoms with E-state index in [0.29, 0.717) is 22.0 Å². The van der Waals surface area contributed by atoms with Gasteiger partial charge in [0.2, 0.25) is 10.0 Å². The minimum absolute atomic E-state index is 0.155. The Hall–Kier alpha value is -2.72. The molecular formula is C20H21F3N3O3S+. The van der Waals surface area contributed by atoms with Gasteiger partial charge in [0.15, 0.2) is 0 Å². The Morgan fingerprint density at radius 1 is 1.07 bits per heavy atom. The SMILES string of the molecule is Cc1cc(C)c(S(=O)(=O)NC(Cn2ccc3ccc([NH+]=O)cc32)C(F)(F)F)c(C)c1. The number of nitrogens with one attached hydrogen (secondary N) is 2. The Morgan fingerprint density at radius 3 is 2.27 bits per heavy atom. The van der Waals surface area contributed by atoms with Crippen LogP contribution in [-0.4, -0.2) is 25.2 Å². The summed E-state index contributed by atoms with van der Waals surface area (Å²) in [5.74, 6) is 0. The number of nitroso groups, excluding NO2 is 1. The van der Waals surface area contributed by atoms with Gasteiger partial charge in [0, 0.05) is 40.3 Å². The van der Waals surface area contributed by atoms with Gasteiger partial charge in [-0.05, 0) is 44.0 Å². The third kappa shape index (κ3) is 4.39. The van der Waals surface area contributed by atoms with Crippen molar-refractivity contribution in [1.29, 1.82) is 0 Å². The maximum atomic E-state index is 13.8. The number of rotatable bonds is 6. The minimum Gasteiger partial charge on any atom is -0.345 e. The van der Waals surface area contributed by atoms with Crippen LogP contribution < -0.4 is 9.90 Å². The van der Waals surface area contributed by atoms with E-state index in [9.17, 15) is 26.5 Å². The summed E-state index contributed by atoms with van der Waals surface area (Å²) in [6.45, 7) is 4.20. The number of benzene rings is 2. The van der Waals surface area contributed by atoms with Gasteiger partial charge in [-0.3, -0.25) is 0 Å². The number of fused-ring (bicyclic) bond motifs is 1. The van der Waals surface area contributed by atoms with Crippen molar-refractivity contribution >= 4 is 26.6 Å². The van der Waals surface area contributed by atoms with Crippen molar-refractivity contribution in [1.82, 2.24) is 9.29 Å². The first kappa shape index (κ1) is 22.0. The molecule has 0 fully saturated rings. The molecule has 1 atom stereocenters. The number of hydrogen-bond donors (Lipinski definition) is 2. The third-order valence-electron chi connectivity index (χ3n) is 4.84. The van der Waals surface area contributed by atoms with E-state index < -0.39 is 28.8 Å². The molecule has 0 saturated carbocycles. The van der Waals surface area contributed by atoms with Crippen LogP contribution >= 0.6 is 0 Å². The molecular weight excluding hydrogens is 419 g/mol. The molecule has 30 heavy (non-hydrogen) atoms. The van der Waals surface area contributed by atoms with Crippen LogP contribution in [0.15, 0.2) is 47.5 Å². The van der Waals surface area contributed by atoms with Crippen molar-refractivity contribution in [2.45, 2.75) is 44.4 Å². The molecule has 0 saturated heterocycles. The zero-order chi connectivity index (χ0) is 22.3. The molecule has 1 aromatic heterocycles. The van der Waals surface area contributed by atoms with Crippen LogP contribution in [0.2, 0.25) is 0 Å². The van der Waals surface area contributed by atoms with Gasteiger partial charge in [0.25, 0.3) is 5.69 Å². The van der Waals surface area contributed by atoms with E-state index in [1.165, 1.54) is 22.9 Å². The van der Waals surface area contributed by atoms with Crippen molar-refractivity contribution in [2.24, 2.45) is 0 Å². The normalized spacial score (nSPS) is 13.5. The number of nitrogens with zero attached hydrogens (tertiary/aromatic N) is 1. The van der Waals surface area contributed by atoms with Crippen LogP contribution in [0.4, 0.5) is 18.9 Å². The zero-order valence-electron chi connectivity index (χ0n) is 16.5. The van der Waals surface area contributed by atoms with Crippen molar-refractivity contribution in [3.63, 3.8) is 0 Å². The number of sulfonamides is 1. The maximum Gasteiger partial charge on any atom is 0.406 e. The third-order valence-corrected chi connectivity index (χ3v) is 6.61. The smallest absolute Gasteiger partial charge is 0.345 e. The molecule has 3 aromatic rings. The Kier molecular flexibility index (Phi) is 5.74. The summed E-state index contributed by atoms with van der Waals surface area (Å²) < 4.78 is 70.1. The van der Waals surface area contributed by atoms with E-state index in [0.717, 1.165) is 5.56 Å². The molecule has 2 aromatic carbocycles. The highest BCUT2D eigenvalue weighted by molar-refractivity contribution is 7.89. The predicted octanol–water partition coefficient (Wildman–Crippen LogP) is 2.95. The highest BCUT2D eigenvalue weighted by atomic mass is 32.2. The van der Waals surface area contributed by atoms with Gasteiger partial charge < -0.3 is 4.57 Å². The average Bonchev–Trinajstić information content (AvgIpc) is 3.01. The standard InChI is InChI=1S/C20H20F3N3O3S/c1-12-8-13(2)19(14(3)9-12)30(28,29)25-18(20(21,22)23)11-26-7-6-15-4-5-16(24-27)10-17(15)26/h4-10,18,25H,11H2,1-3H3/p+1. The quantitative estimate of drug-likeness (QED) is 0.618. The van der Waals surface area contributed by atoms with Gasteiger partial charge >= 0.3 is 6.18 Å². The molecule has 1 heterocycles. The first-order valence-electron chi connectivity index (χ1n) is 9.06. The molecule has 0 aliphatic carbocycles. The largest absolute Gasteiger partial charge is 0.406 e. The molecule has 3 rings (SSSR count). The molecule has 6 nitrogen and oxygen atoms in total. The van der Waals surface area contributed by atoms with E-state index in [1.54, 1.807) is 50.2 Å². The van der Waals surface area contributed by atoms with Crippen LogP contribution in [0.1, 0.15) is 16.7 Å². The molecule has 0 bridgehead atoms. The number of aromatic nitrogens is 1. The number of halogens is 3. The van der Waals surface area contributed by atoms with Gasteiger partial charge in [-0.1, -0.05) is 17.7 Å². The fourth-order valence-electron chi connectivity index (χ4n) is 3.65. The van der Waals surface area contributed by atoms with Crippen LogP contribution in [-0.2, 0) is 16.6 Å². The van der Waals surface area contributed by atoms with E-state index in [2.05, 4.69) is 0 Å². The van der Waals surface area contributed by atoms with E-state index >= 15 is 0 Å². The highest BCUT2D eigenvalue weighted by Gasteiger charge is 2.43. The molecule has 1 unspecified atom stereocenters. The molecule has 2 N–H and O–H groups in total. The van der Waals surface area contributed by atoms with Gasteiger partial charge in [-0.2, -0.15) is 17.9 Å². The van der Waals surface area contributed by atoms with Gasteiger partial charge in [0.05, 0.1) is 10.4 Å². The molecule has 0 aliphatic heterocycles. The van der Waals surface area contributed by atoms with E-state index in [1.807, 2.05) is 4.72 Å². The van der Waals surface area contributed by atoms with Gasteiger partial charge in [0.1, 0.15) is 6.04 Å². The lowest BCUT2D eigenvalue weighted by atomic mass is 10.1. The second-order valence-corrected chi connectivity index (χ2v) is 8.94. The summed E-state index contributed by atoms with van der Waals surface area (Å²) in [5, 5.41) is 2.33. The zero-order valence-corrected chi connectivity index (χ0v) is 17.4. The second-order valence-electron chi connectivity index (χ2n) is 7.29. The Labute approximate surface area is 171 Å². The van der Waals surface area contributed by atoms with Crippen LogP contribution in [0.25, 0.3) is 10.9 Å².